The Bertz CT molecular complexity index is 1180. The molecule has 1 saturated carbocycles. The van der Waals surface area contributed by atoms with Crippen LogP contribution in [0.1, 0.15) is 45.7 Å². The Morgan fingerprint density at radius 1 is 1.25 bits per heavy atom. The summed E-state index contributed by atoms with van der Waals surface area (Å²) in [6.45, 7) is 0.427. The molecule has 3 atom stereocenters. The number of carbonyl (C=O) groups is 2. The van der Waals surface area contributed by atoms with Crippen LogP contribution in [0, 0.1) is 17.6 Å². The van der Waals surface area contributed by atoms with Gasteiger partial charge in [-0.3, -0.25) is 14.4 Å². The minimum atomic E-state index is -0.985. The summed E-state index contributed by atoms with van der Waals surface area (Å²) in [6, 6.07) is 2.95. The van der Waals surface area contributed by atoms with E-state index < -0.39 is 40.9 Å². The van der Waals surface area contributed by atoms with Gasteiger partial charge in [-0.15, -0.1) is 0 Å². The zero-order valence-electron chi connectivity index (χ0n) is 17.0. The molecule has 2 N–H and O–H groups in total. The molecule has 1 aliphatic carbocycles. The van der Waals surface area contributed by atoms with Gasteiger partial charge in [0.1, 0.15) is 17.2 Å². The van der Waals surface area contributed by atoms with Crippen LogP contribution in [0.3, 0.4) is 0 Å². The van der Waals surface area contributed by atoms with Crippen molar-refractivity contribution in [1.82, 2.24) is 14.8 Å². The van der Waals surface area contributed by atoms with E-state index in [0.717, 1.165) is 25.3 Å². The minimum absolute atomic E-state index is 0.0121. The average Bonchev–Trinajstić information content (AvgIpc) is 3.24. The van der Waals surface area contributed by atoms with Crippen LogP contribution >= 0.6 is 0 Å². The second kappa shape index (κ2) is 7.70. The third-order valence-corrected chi connectivity index (χ3v) is 6.53. The summed E-state index contributed by atoms with van der Waals surface area (Å²) in [6.07, 6.45) is 3.48. The maximum atomic E-state index is 13.8. The van der Waals surface area contributed by atoms with Gasteiger partial charge in [0, 0.05) is 36.3 Å². The van der Waals surface area contributed by atoms with Crippen LogP contribution in [0.2, 0.25) is 0 Å². The fraction of sp³-hybridized carbons (Fsp3) is 0.409. The molecule has 5 rings (SSSR count). The number of hydrogen-bond donors (Lipinski definition) is 2. The van der Waals surface area contributed by atoms with Crippen molar-refractivity contribution in [3.63, 3.8) is 0 Å². The van der Waals surface area contributed by atoms with Crippen LogP contribution in [0.4, 0.5) is 8.78 Å². The summed E-state index contributed by atoms with van der Waals surface area (Å²) in [7, 11) is 0. The summed E-state index contributed by atoms with van der Waals surface area (Å²) >= 11 is 0. The van der Waals surface area contributed by atoms with E-state index in [4.69, 9.17) is 4.74 Å². The van der Waals surface area contributed by atoms with Crippen molar-refractivity contribution >= 4 is 11.8 Å². The van der Waals surface area contributed by atoms with Crippen molar-refractivity contribution in [2.75, 3.05) is 6.61 Å². The Hall–Kier alpha value is -3.27. The molecule has 8 nitrogen and oxygen atoms in total. The highest BCUT2D eigenvalue weighted by atomic mass is 19.1. The van der Waals surface area contributed by atoms with Gasteiger partial charge in [0.05, 0.1) is 13.2 Å². The Labute approximate surface area is 181 Å². The number of aromatic nitrogens is 1. The smallest absolute Gasteiger partial charge is 0.276 e. The number of aromatic hydroxyl groups is 1. The number of halogens is 2. The molecular weight excluding hydrogens is 424 g/mol. The van der Waals surface area contributed by atoms with Gasteiger partial charge in [-0.05, 0) is 18.9 Å². The maximum absolute atomic E-state index is 13.8. The van der Waals surface area contributed by atoms with Gasteiger partial charge in [0.15, 0.2) is 17.7 Å². The average molecular weight is 445 g/mol. The second-order valence-electron chi connectivity index (χ2n) is 8.40. The zero-order valence-corrected chi connectivity index (χ0v) is 17.0. The quantitative estimate of drug-likeness (QED) is 0.750. The summed E-state index contributed by atoms with van der Waals surface area (Å²) in [5, 5.41) is 12.9. The molecule has 2 amide bonds. The topological polar surface area (TPSA) is 101 Å². The number of benzene rings is 1. The number of ether oxygens (including phenoxy) is 1. The van der Waals surface area contributed by atoms with Crippen molar-refractivity contribution in [3.05, 3.63) is 63.1 Å². The molecule has 3 heterocycles. The van der Waals surface area contributed by atoms with E-state index in [1.54, 1.807) is 4.90 Å². The van der Waals surface area contributed by atoms with Crippen LogP contribution in [-0.4, -0.2) is 45.3 Å². The first-order valence-electron chi connectivity index (χ1n) is 10.5. The van der Waals surface area contributed by atoms with Gasteiger partial charge in [-0.2, -0.15) is 0 Å². The molecule has 10 heteroatoms. The van der Waals surface area contributed by atoms with Crippen molar-refractivity contribution < 1.29 is 28.2 Å². The van der Waals surface area contributed by atoms with E-state index >= 15 is 0 Å². The van der Waals surface area contributed by atoms with Crippen molar-refractivity contribution in [3.8, 4) is 5.75 Å². The van der Waals surface area contributed by atoms with E-state index in [1.165, 1.54) is 16.8 Å². The standard InChI is InChI=1S/C22H21F2N3O5/c23-13-5-4-11(15(24)6-13)7-25-21(30)14-8-26-9-17-27(16-3-1-2-12(16)10-32-17)22(31)18(26)20(29)19(14)28/h4-6,8,12,16-17,29H,1-3,7,9-10H2,(H,25,30). The van der Waals surface area contributed by atoms with E-state index in [9.17, 15) is 28.3 Å². The summed E-state index contributed by atoms with van der Waals surface area (Å²) in [4.78, 5) is 40.1. The van der Waals surface area contributed by atoms with E-state index in [-0.39, 0.29) is 41.9 Å². The lowest BCUT2D eigenvalue weighted by Gasteiger charge is -2.46. The lowest BCUT2D eigenvalue weighted by molar-refractivity contribution is -0.134. The Kier molecular flexibility index (Phi) is 4.96. The van der Waals surface area contributed by atoms with Crippen LogP contribution < -0.4 is 10.7 Å². The second-order valence-corrected chi connectivity index (χ2v) is 8.40. The minimum Gasteiger partial charge on any atom is -0.503 e. The Morgan fingerprint density at radius 3 is 2.84 bits per heavy atom. The number of fused-ring (bicyclic) bond motifs is 4. The Balaban J connectivity index is 1.43. The highest BCUT2D eigenvalue weighted by molar-refractivity contribution is 5.99. The molecule has 2 aliphatic heterocycles. The third-order valence-electron chi connectivity index (χ3n) is 6.53. The predicted octanol–water partition coefficient (Wildman–Crippen LogP) is 1.74. The molecule has 0 radical (unpaired) electrons. The monoisotopic (exact) mass is 445 g/mol. The lowest BCUT2D eigenvalue weighted by atomic mass is 9.98. The largest absolute Gasteiger partial charge is 0.503 e. The molecular formula is C22H21F2N3O5. The summed E-state index contributed by atoms with van der Waals surface area (Å²) in [5.41, 5.74) is -1.50. The highest BCUT2D eigenvalue weighted by Crippen LogP contribution is 2.39. The summed E-state index contributed by atoms with van der Waals surface area (Å²) < 4.78 is 34.1. The van der Waals surface area contributed by atoms with E-state index in [1.807, 2.05) is 0 Å². The zero-order chi connectivity index (χ0) is 22.6. The third kappa shape index (κ3) is 3.26. The van der Waals surface area contributed by atoms with Gasteiger partial charge < -0.3 is 24.6 Å². The highest BCUT2D eigenvalue weighted by Gasteiger charge is 2.47. The number of hydrogen-bond acceptors (Lipinski definition) is 5. The van der Waals surface area contributed by atoms with E-state index in [2.05, 4.69) is 5.32 Å². The molecule has 3 aliphatic rings. The van der Waals surface area contributed by atoms with Crippen LogP contribution in [-0.2, 0) is 17.8 Å². The number of nitrogens with one attached hydrogen (secondary N) is 1. The first-order chi connectivity index (χ1) is 15.3. The molecule has 1 aromatic heterocycles. The number of nitrogens with zero attached hydrogens (tertiary/aromatic N) is 2. The van der Waals surface area contributed by atoms with Crippen LogP contribution in [0.15, 0.2) is 29.2 Å². The molecule has 1 saturated heterocycles. The van der Waals surface area contributed by atoms with Crippen molar-refractivity contribution in [2.24, 2.45) is 5.92 Å². The van der Waals surface area contributed by atoms with Crippen molar-refractivity contribution in [1.29, 1.82) is 0 Å². The molecule has 1 aromatic carbocycles. The normalized spacial score (nSPS) is 24.0. The summed E-state index contributed by atoms with van der Waals surface area (Å²) in [5.74, 6) is -3.47. The number of amides is 2. The van der Waals surface area contributed by atoms with E-state index in [0.29, 0.717) is 12.7 Å². The number of rotatable bonds is 3. The molecule has 2 fully saturated rings. The molecule has 32 heavy (non-hydrogen) atoms. The number of pyridine rings is 1. The van der Waals surface area contributed by atoms with Gasteiger partial charge in [-0.25, -0.2) is 8.78 Å². The fourth-order valence-corrected chi connectivity index (χ4v) is 4.93. The molecule has 0 spiro atoms. The fourth-order valence-electron chi connectivity index (χ4n) is 4.93. The molecule has 168 valence electrons. The van der Waals surface area contributed by atoms with Gasteiger partial charge in [0.25, 0.3) is 11.8 Å². The first kappa shape index (κ1) is 20.6. The molecule has 0 bridgehead atoms. The number of carbonyl (C=O) groups excluding carboxylic acids is 2. The van der Waals surface area contributed by atoms with Gasteiger partial charge >= 0.3 is 0 Å². The first-order valence-corrected chi connectivity index (χ1v) is 10.5. The Morgan fingerprint density at radius 2 is 2.06 bits per heavy atom. The molecule has 3 unspecified atom stereocenters. The predicted molar refractivity (Wildman–Crippen MR) is 107 cm³/mol. The SMILES string of the molecule is O=C(NCc1ccc(F)cc1F)c1cn2c(c(O)c1=O)C(=O)N1C(C2)OCC2CCCC21. The van der Waals surface area contributed by atoms with Crippen molar-refractivity contribution in [2.45, 2.75) is 44.6 Å². The van der Waals surface area contributed by atoms with Gasteiger partial charge in [0.2, 0.25) is 5.43 Å². The molecule has 2 aromatic rings. The maximum Gasteiger partial charge on any atom is 0.276 e. The van der Waals surface area contributed by atoms with Crippen LogP contribution in [0.5, 0.6) is 5.75 Å². The van der Waals surface area contributed by atoms with Crippen LogP contribution in [0.25, 0.3) is 0 Å². The lowest BCUT2D eigenvalue weighted by Crippen LogP contribution is -2.59. The van der Waals surface area contributed by atoms with Gasteiger partial charge in [-0.1, -0.05) is 12.5 Å².